The molecule has 0 spiro atoms. The van der Waals surface area contributed by atoms with Gasteiger partial charge in [-0.1, -0.05) is 30.3 Å². The molecule has 3 aromatic rings. The number of rotatable bonds is 7. The average Bonchev–Trinajstić information content (AvgIpc) is 2.64. The van der Waals surface area contributed by atoms with Crippen molar-refractivity contribution in [3.63, 3.8) is 0 Å². The molecule has 0 radical (unpaired) electrons. The zero-order chi connectivity index (χ0) is 17.5. The van der Waals surface area contributed by atoms with Crippen molar-refractivity contribution in [1.82, 2.24) is 0 Å². The van der Waals surface area contributed by atoms with E-state index in [0.717, 1.165) is 24.4 Å². The highest BCUT2D eigenvalue weighted by Gasteiger charge is 2.02. The van der Waals surface area contributed by atoms with E-state index >= 15 is 0 Å². The molecule has 4 nitrogen and oxygen atoms in total. The molecular weight excluding hydrogens is 312 g/mol. The van der Waals surface area contributed by atoms with Crippen molar-refractivity contribution in [1.29, 1.82) is 0 Å². The molecule has 3 aromatic carbocycles. The van der Waals surface area contributed by atoms with Crippen LogP contribution in [0.3, 0.4) is 0 Å². The van der Waals surface area contributed by atoms with Crippen molar-refractivity contribution in [2.45, 2.75) is 6.42 Å². The molecule has 4 heteroatoms. The first kappa shape index (κ1) is 16.6. The average molecular weight is 332 g/mol. The number of carbonyl (C=O) groups excluding carboxylic acids is 1. The van der Waals surface area contributed by atoms with Crippen LogP contribution in [0.5, 0.6) is 11.5 Å². The molecule has 0 heterocycles. The molecule has 0 aliphatic rings. The molecule has 0 unspecified atom stereocenters. The number of carbonyl (C=O) groups is 1. The van der Waals surface area contributed by atoms with Gasteiger partial charge in [0.2, 0.25) is 5.91 Å². The van der Waals surface area contributed by atoms with Gasteiger partial charge in [0.15, 0.2) is 0 Å². The number of amides is 1. The van der Waals surface area contributed by atoms with E-state index in [2.05, 4.69) is 29.6 Å². The highest BCUT2D eigenvalue weighted by molar-refractivity contribution is 5.92. The lowest BCUT2D eigenvalue weighted by molar-refractivity contribution is 0.100. The van der Waals surface area contributed by atoms with Crippen molar-refractivity contribution in [3.8, 4) is 11.5 Å². The fourth-order valence-electron chi connectivity index (χ4n) is 2.46. The van der Waals surface area contributed by atoms with Gasteiger partial charge in [0, 0.05) is 17.8 Å². The minimum Gasteiger partial charge on any atom is -0.457 e. The van der Waals surface area contributed by atoms with Gasteiger partial charge in [-0.3, -0.25) is 4.79 Å². The second kappa shape index (κ2) is 8.02. The van der Waals surface area contributed by atoms with E-state index in [4.69, 9.17) is 10.5 Å². The lowest BCUT2D eigenvalue weighted by Gasteiger charge is -2.09. The summed E-state index contributed by atoms with van der Waals surface area (Å²) in [5, 5.41) is 3.40. The van der Waals surface area contributed by atoms with Crippen molar-refractivity contribution in [2.75, 3.05) is 11.9 Å². The van der Waals surface area contributed by atoms with E-state index in [1.807, 2.05) is 30.3 Å². The first-order chi connectivity index (χ1) is 12.2. The molecule has 0 bridgehead atoms. The normalized spacial score (nSPS) is 10.2. The number of nitrogens with one attached hydrogen (secondary N) is 1. The van der Waals surface area contributed by atoms with E-state index < -0.39 is 5.91 Å². The third-order valence-electron chi connectivity index (χ3n) is 3.81. The molecule has 0 saturated carbocycles. The maximum atomic E-state index is 11.1. The molecular formula is C21H20N2O2. The molecule has 25 heavy (non-hydrogen) atoms. The van der Waals surface area contributed by atoms with Crippen LogP contribution in [0.1, 0.15) is 15.9 Å². The number of benzene rings is 3. The van der Waals surface area contributed by atoms with Crippen LogP contribution in [0.4, 0.5) is 5.69 Å². The van der Waals surface area contributed by atoms with Gasteiger partial charge in [-0.15, -0.1) is 0 Å². The van der Waals surface area contributed by atoms with Crippen molar-refractivity contribution in [3.05, 3.63) is 90.0 Å². The maximum Gasteiger partial charge on any atom is 0.248 e. The minimum absolute atomic E-state index is 0.447. The van der Waals surface area contributed by atoms with Gasteiger partial charge < -0.3 is 15.8 Å². The molecule has 126 valence electrons. The third-order valence-corrected chi connectivity index (χ3v) is 3.81. The highest BCUT2D eigenvalue weighted by Crippen LogP contribution is 2.23. The zero-order valence-corrected chi connectivity index (χ0v) is 13.8. The van der Waals surface area contributed by atoms with Crippen LogP contribution in [0.25, 0.3) is 0 Å². The van der Waals surface area contributed by atoms with E-state index in [-0.39, 0.29) is 0 Å². The first-order valence-corrected chi connectivity index (χ1v) is 8.16. The number of primary amides is 1. The van der Waals surface area contributed by atoms with Crippen LogP contribution in [-0.4, -0.2) is 12.5 Å². The standard InChI is InChI=1S/C21H20N2O2/c22-21(24)17-6-10-19(11-7-17)25-20-12-8-18(9-13-20)23-15-14-16-4-2-1-3-5-16/h1-13,23H,14-15H2,(H2,22,24). The zero-order valence-electron chi connectivity index (χ0n) is 13.8. The van der Waals surface area contributed by atoms with Crippen molar-refractivity contribution >= 4 is 11.6 Å². The summed E-state index contributed by atoms with van der Waals surface area (Å²) in [6, 6.07) is 24.9. The van der Waals surface area contributed by atoms with Crippen LogP contribution in [0.2, 0.25) is 0 Å². The van der Waals surface area contributed by atoms with E-state index in [1.54, 1.807) is 24.3 Å². The highest BCUT2D eigenvalue weighted by atomic mass is 16.5. The van der Waals surface area contributed by atoms with E-state index in [0.29, 0.717) is 11.3 Å². The fraction of sp³-hybridized carbons (Fsp3) is 0.0952. The van der Waals surface area contributed by atoms with Crippen LogP contribution < -0.4 is 15.8 Å². The summed E-state index contributed by atoms with van der Waals surface area (Å²) in [4.78, 5) is 11.1. The minimum atomic E-state index is -0.447. The summed E-state index contributed by atoms with van der Waals surface area (Å²) in [7, 11) is 0. The Bertz CT molecular complexity index is 813. The second-order valence-electron chi connectivity index (χ2n) is 5.68. The molecule has 0 aromatic heterocycles. The summed E-state index contributed by atoms with van der Waals surface area (Å²) in [6.45, 7) is 0.874. The van der Waals surface area contributed by atoms with Gasteiger partial charge in [-0.2, -0.15) is 0 Å². The van der Waals surface area contributed by atoms with Gasteiger partial charge in [-0.05, 0) is 60.5 Å². The molecule has 0 atom stereocenters. The Morgan fingerprint density at radius 2 is 1.44 bits per heavy atom. The summed E-state index contributed by atoms with van der Waals surface area (Å²) in [5.41, 5.74) is 8.05. The van der Waals surface area contributed by atoms with Gasteiger partial charge >= 0.3 is 0 Å². The van der Waals surface area contributed by atoms with Crippen LogP contribution in [0.15, 0.2) is 78.9 Å². The Morgan fingerprint density at radius 3 is 2.04 bits per heavy atom. The fourth-order valence-corrected chi connectivity index (χ4v) is 2.46. The second-order valence-corrected chi connectivity index (χ2v) is 5.68. The Kier molecular flexibility index (Phi) is 5.32. The lowest BCUT2D eigenvalue weighted by atomic mass is 10.1. The quantitative estimate of drug-likeness (QED) is 0.680. The largest absolute Gasteiger partial charge is 0.457 e. The third kappa shape index (κ3) is 4.85. The first-order valence-electron chi connectivity index (χ1n) is 8.16. The van der Waals surface area contributed by atoms with Crippen molar-refractivity contribution in [2.24, 2.45) is 5.73 Å². The SMILES string of the molecule is NC(=O)c1ccc(Oc2ccc(NCCc3ccccc3)cc2)cc1. The Morgan fingerprint density at radius 1 is 0.840 bits per heavy atom. The van der Waals surface area contributed by atoms with E-state index in [9.17, 15) is 4.79 Å². The Labute approximate surface area is 147 Å². The molecule has 0 fully saturated rings. The molecule has 3 N–H and O–H groups in total. The molecule has 0 aliphatic heterocycles. The predicted octanol–water partition coefficient (Wildman–Crippen LogP) is 4.23. The summed E-state index contributed by atoms with van der Waals surface area (Å²) in [5.74, 6) is 0.952. The summed E-state index contributed by atoms with van der Waals surface area (Å²) in [6.07, 6.45) is 0.977. The number of nitrogens with two attached hydrogens (primary N) is 1. The predicted molar refractivity (Wildman–Crippen MR) is 100 cm³/mol. The maximum absolute atomic E-state index is 11.1. The van der Waals surface area contributed by atoms with Crippen LogP contribution >= 0.6 is 0 Å². The molecule has 1 amide bonds. The number of anilines is 1. The van der Waals surface area contributed by atoms with Crippen molar-refractivity contribution < 1.29 is 9.53 Å². The Balaban J connectivity index is 1.52. The monoisotopic (exact) mass is 332 g/mol. The van der Waals surface area contributed by atoms with Gasteiger partial charge in [0.25, 0.3) is 0 Å². The van der Waals surface area contributed by atoms with E-state index in [1.165, 1.54) is 5.56 Å². The van der Waals surface area contributed by atoms with Gasteiger partial charge in [0.05, 0.1) is 0 Å². The summed E-state index contributed by atoms with van der Waals surface area (Å²) < 4.78 is 5.76. The topological polar surface area (TPSA) is 64.4 Å². The Hall–Kier alpha value is -3.27. The molecule has 3 rings (SSSR count). The number of hydrogen-bond donors (Lipinski definition) is 2. The lowest BCUT2D eigenvalue weighted by Crippen LogP contribution is -2.10. The number of hydrogen-bond acceptors (Lipinski definition) is 3. The summed E-state index contributed by atoms with van der Waals surface area (Å²) >= 11 is 0. The van der Waals surface area contributed by atoms with Gasteiger partial charge in [0.1, 0.15) is 11.5 Å². The molecule has 0 aliphatic carbocycles. The van der Waals surface area contributed by atoms with Crippen LogP contribution in [-0.2, 0) is 6.42 Å². The number of ether oxygens (including phenoxy) is 1. The van der Waals surface area contributed by atoms with Gasteiger partial charge in [-0.25, -0.2) is 0 Å². The molecule has 0 saturated heterocycles. The van der Waals surface area contributed by atoms with Crippen LogP contribution in [0, 0.1) is 0 Å². The smallest absolute Gasteiger partial charge is 0.248 e.